The van der Waals surface area contributed by atoms with Crippen molar-refractivity contribution in [1.29, 1.82) is 0 Å². The second kappa shape index (κ2) is 7.52. The lowest BCUT2D eigenvalue weighted by Crippen LogP contribution is -2.46. The van der Waals surface area contributed by atoms with Crippen LogP contribution < -0.4 is 0 Å². The van der Waals surface area contributed by atoms with E-state index in [0.29, 0.717) is 21.7 Å². The van der Waals surface area contributed by atoms with Crippen molar-refractivity contribution >= 4 is 0 Å². The molecule has 4 aliphatic carbocycles. The van der Waals surface area contributed by atoms with Gasteiger partial charge in [-0.3, -0.25) is 0 Å². The first-order valence-corrected chi connectivity index (χ1v) is 13.3. The molecule has 4 rings (SSSR count). The van der Waals surface area contributed by atoms with Gasteiger partial charge in [0.25, 0.3) is 0 Å². The third kappa shape index (κ3) is 3.47. The highest BCUT2D eigenvalue weighted by atomic mass is 14.6. The van der Waals surface area contributed by atoms with Crippen molar-refractivity contribution in [3.05, 3.63) is 22.3 Å². The normalized spacial score (nSPS) is 40.8. The van der Waals surface area contributed by atoms with Crippen LogP contribution in [0.25, 0.3) is 0 Å². The fraction of sp³-hybridized carbons (Fsp3) is 0.867. The summed E-state index contributed by atoms with van der Waals surface area (Å²) in [4.78, 5) is 0. The van der Waals surface area contributed by atoms with E-state index in [1.54, 1.807) is 11.1 Å². The van der Waals surface area contributed by atoms with E-state index in [1.807, 2.05) is 11.1 Å². The summed E-state index contributed by atoms with van der Waals surface area (Å²) in [6, 6.07) is 0. The van der Waals surface area contributed by atoms with E-state index in [9.17, 15) is 0 Å². The van der Waals surface area contributed by atoms with E-state index in [4.69, 9.17) is 0 Å². The van der Waals surface area contributed by atoms with Gasteiger partial charge in [0.2, 0.25) is 0 Å². The van der Waals surface area contributed by atoms with Crippen molar-refractivity contribution in [2.24, 2.45) is 33.5 Å². The Kier molecular flexibility index (Phi) is 5.68. The Bertz CT molecular complexity index is 680. The number of hydrogen-bond donors (Lipinski definition) is 0. The second-order valence-corrected chi connectivity index (χ2v) is 13.7. The maximum Gasteiger partial charge on any atom is -0.00803 e. The molecule has 0 spiro atoms. The van der Waals surface area contributed by atoms with Crippen LogP contribution in [-0.4, -0.2) is 0 Å². The van der Waals surface area contributed by atoms with Crippen LogP contribution in [0, 0.1) is 33.5 Å². The van der Waals surface area contributed by atoms with Gasteiger partial charge in [0, 0.05) is 0 Å². The van der Waals surface area contributed by atoms with Crippen LogP contribution in [-0.2, 0) is 0 Å². The summed E-state index contributed by atoms with van der Waals surface area (Å²) in [5, 5.41) is 0. The van der Waals surface area contributed by atoms with Gasteiger partial charge in [0.1, 0.15) is 0 Å². The molecule has 0 radical (unpaired) electrons. The Hall–Kier alpha value is -0.520. The number of hydrogen-bond acceptors (Lipinski definition) is 0. The lowest BCUT2D eigenvalue weighted by atomic mass is 9.48. The molecule has 0 aliphatic heterocycles. The zero-order chi connectivity index (χ0) is 21.9. The van der Waals surface area contributed by atoms with Crippen LogP contribution >= 0.6 is 0 Å². The van der Waals surface area contributed by atoms with Crippen molar-refractivity contribution in [3.63, 3.8) is 0 Å². The average Bonchev–Trinajstić information content (AvgIpc) is 2.61. The topological polar surface area (TPSA) is 0 Å². The van der Waals surface area contributed by atoms with Gasteiger partial charge < -0.3 is 0 Å². The standard InChI is InChI=1S/C30H50/c1-21-11-15-25-27(3,4)17-9-19-29(25,7)23(21)13-14-24-22(2)12-16-26-28(5,6)18-10-20-30(24,26)8/h25-26H,9-20H2,1-8H3/t25-,26-,29+,30+/m0/s1. The molecule has 0 aromatic carbocycles. The fourth-order valence-corrected chi connectivity index (χ4v) is 9.63. The predicted octanol–water partition coefficient (Wildman–Crippen LogP) is 9.65. The molecular weight excluding hydrogens is 360 g/mol. The van der Waals surface area contributed by atoms with Crippen molar-refractivity contribution < 1.29 is 0 Å². The van der Waals surface area contributed by atoms with Crippen LogP contribution in [0.4, 0.5) is 0 Å². The van der Waals surface area contributed by atoms with E-state index in [1.165, 1.54) is 77.0 Å². The van der Waals surface area contributed by atoms with Gasteiger partial charge in [0.05, 0.1) is 0 Å². The summed E-state index contributed by atoms with van der Waals surface area (Å²) >= 11 is 0. The summed E-state index contributed by atoms with van der Waals surface area (Å²) < 4.78 is 0. The van der Waals surface area contributed by atoms with Crippen LogP contribution in [0.1, 0.15) is 132 Å². The SMILES string of the molecule is CC1=C(CCC2=C(C)CC[C@H]3C(C)(C)CCC[C@]23C)[C@@]2(C)CCCC(C)(C)[C@@H]2CC1. The van der Waals surface area contributed by atoms with E-state index in [-0.39, 0.29) is 0 Å². The zero-order valence-corrected chi connectivity index (χ0v) is 21.6. The van der Waals surface area contributed by atoms with Gasteiger partial charge in [-0.15, -0.1) is 0 Å². The third-order valence-corrected chi connectivity index (χ3v) is 11.1. The highest BCUT2D eigenvalue weighted by molar-refractivity contribution is 5.32. The molecule has 4 atom stereocenters. The summed E-state index contributed by atoms with van der Waals surface area (Å²) in [7, 11) is 0. The maximum atomic E-state index is 2.66. The summed E-state index contributed by atoms with van der Waals surface area (Å²) in [5.74, 6) is 1.77. The van der Waals surface area contributed by atoms with Crippen molar-refractivity contribution in [1.82, 2.24) is 0 Å². The Labute approximate surface area is 188 Å². The molecule has 0 saturated heterocycles. The Morgan fingerprint density at radius 2 is 0.967 bits per heavy atom. The fourth-order valence-electron chi connectivity index (χ4n) is 9.63. The highest BCUT2D eigenvalue weighted by Gasteiger charge is 2.52. The van der Waals surface area contributed by atoms with E-state index < -0.39 is 0 Å². The Morgan fingerprint density at radius 3 is 1.33 bits per heavy atom. The summed E-state index contributed by atoms with van der Waals surface area (Å²) in [6.07, 6.45) is 16.8. The van der Waals surface area contributed by atoms with E-state index >= 15 is 0 Å². The first-order chi connectivity index (χ1) is 13.9. The van der Waals surface area contributed by atoms with Crippen molar-refractivity contribution in [2.45, 2.75) is 132 Å². The lowest BCUT2D eigenvalue weighted by Gasteiger charge is -2.56. The minimum Gasteiger partial charge on any atom is -0.0735 e. The average molecular weight is 411 g/mol. The molecular formula is C30H50. The molecule has 0 heteroatoms. The molecule has 0 amide bonds. The molecule has 0 aromatic rings. The molecule has 0 unspecified atom stereocenters. The van der Waals surface area contributed by atoms with Gasteiger partial charge >= 0.3 is 0 Å². The molecule has 0 bridgehead atoms. The minimum absolute atomic E-state index is 0.458. The molecule has 0 nitrogen and oxygen atoms in total. The Morgan fingerprint density at radius 1 is 0.600 bits per heavy atom. The molecule has 0 N–H and O–H groups in total. The smallest absolute Gasteiger partial charge is 0.00803 e. The van der Waals surface area contributed by atoms with Crippen molar-refractivity contribution in [2.75, 3.05) is 0 Å². The van der Waals surface area contributed by atoms with Gasteiger partial charge in [0.15, 0.2) is 0 Å². The monoisotopic (exact) mass is 410 g/mol. The molecule has 30 heavy (non-hydrogen) atoms. The number of allylic oxidation sites excluding steroid dienone is 4. The third-order valence-electron chi connectivity index (χ3n) is 11.1. The summed E-state index contributed by atoms with van der Waals surface area (Å²) in [5.41, 5.74) is 9.23. The van der Waals surface area contributed by atoms with Crippen LogP contribution in [0.3, 0.4) is 0 Å². The predicted molar refractivity (Wildman–Crippen MR) is 132 cm³/mol. The maximum absolute atomic E-state index is 2.66. The quantitative estimate of drug-likeness (QED) is 0.406. The molecule has 0 aromatic heterocycles. The van der Waals surface area contributed by atoms with Gasteiger partial charge in [-0.2, -0.15) is 0 Å². The Balaban J connectivity index is 1.62. The minimum atomic E-state index is 0.458. The van der Waals surface area contributed by atoms with E-state index in [0.717, 1.165) is 11.8 Å². The largest absolute Gasteiger partial charge is 0.0735 e. The number of fused-ring (bicyclic) bond motifs is 2. The first-order valence-electron chi connectivity index (χ1n) is 13.3. The first kappa shape index (κ1) is 22.7. The zero-order valence-electron chi connectivity index (χ0n) is 21.6. The molecule has 0 heterocycles. The van der Waals surface area contributed by atoms with Crippen LogP contribution in [0.5, 0.6) is 0 Å². The van der Waals surface area contributed by atoms with Gasteiger partial charge in [-0.05, 0) is 112 Å². The van der Waals surface area contributed by atoms with E-state index in [2.05, 4.69) is 55.4 Å². The number of rotatable bonds is 3. The molecule has 170 valence electrons. The highest BCUT2D eigenvalue weighted by Crippen LogP contribution is 2.63. The van der Waals surface area contributed by atoms with Gasteiger partial charge in [-0.25, -0.2) is 0 Å². The lowest BCUT2D eigenvalue weighted by molar-refractivity contribution is 0.00526. The van der Waals surface area contributed by atoms with Crippen molar-refractivity contribution in [3.8, 4) is 0 Å². The van der Waals surface area contributed by atoms with Crippen LogP contribution in [0.15, 0.2) is 22.3 Å². The van der Waals surface area contributed by atoms with Gasteiger partial charge in [-0.1, -0.05) is 76.7 Å². The summed E-state index contributed by atoms with van der Waals surface area (Å²) in [6.45, 7) is 20.5. The second-order valence-electron chi connectivity index (χ2n) is 13.7. The molecule has 2 saturated carbocycles. The molecule has 2 fully saturated rings. The molecule has 4 aliphatic rings. The van der Waals surface area contributed by atoms with Crippen LogP contribution in [0.2, 0.25) is 0 Å².